The zero-order chi connectivity index (χ0) is 12.8. The van der Waals surface area contributed by atoms with E-state index in [0.29, 0.717) is 6.04 Å². The summed E-state index contributed by atoms with van der Waals surface area (Å²) >= 11 is 0. The van der Waals surface area contributed by atoms with Gasteiger partial charge in [-0.2, -0.15) is 0 Å². The summed E-state index contributed by atoms with van der Waals surface area (Å²) in [5.74, 6) is 1.16. The minimum absolute atomic E-state index is 0.0760. The smallest absolute Gasteiger partial charge is 0.237 e. The van der Waals surface area contributed by atoms with Gasteiger partial charge >= 0.3 is 0 Å². The number of nitrogens with one attached hydrogen (secondary N) is 2. The highest BCUT2D eigenvalue weighted by atomic mass is 16.2. The van der Waals surface area contributed by atoms with Gasteiger partial charge < -0.3 is 10.6 Å². The summed E-state index contributed by atoms with van der Waals surface area (Å²) in [5.41, 5.74) is 0. The maximum atomic E-state index is 12.1. The van der Waals surface area contributed by atoms with E-state index in [-0.39, 0.29) is 11.9 Å². The number of amides is 1. The van der Waals surface area contributed by atoms with Gasteiger partial charge in [-0.15, -0.1) is 0 Å². The molecule has 1 atom stereocenters. The third-order valence-corrected chi connectivity index (χ3v) is 4.52. The molecule has 0 unspecified atom stereocenters. The molecule has 1 amide bonds. The Kier molecular flexibility index (Phi) is 5.48. The number of piperidine rings is 1. The fourth-order valence-corrected chi connectivity index (χ4v) is 3.38. The number of carbonyl (C=O) groups excluding carboxylic acids is 1. The largest absolute Gasteiger partial charge is 0.352 e. The Morgan fingerprint density at radius 3 is 2.56 bits per heavy atom. The standard InChI is InChI=1S/C15H28N2O/c1-2-5-12-7-9-13(10-8-12)17-15(18)14-6-3-4-11-16-14/h12-14,16H,2-11H2,1H3,(H,17,18)/t12?,13?,14-/m1/s1. The molecule has 3 heteroatoms. The summed E-state index contributed by atoms with van der Waals surface area (Å²) in [5, 5.41) is 6.58. The van der Waals surface area contributed by atoms with E-state index in [1.807, 2.05) is 0 Å². The molecular formula is C15H28N2O. The van der Waals surface area contributed by atoms with Crippen LogP contribution >= 0.6 is 0 Å². The van der Waals surface area contributed by atoms with Crippen LogP contribution in [0.4, 0.5) is 0 Å². The van der Waals surface area contributed by atoms with E-state index in [1.165, 1.54) is 51.4 Å². The lowest BCUT2D eigenvalue weighted by molar-refractivity contribution is -0.124. The lowest BCUT2D eigenvalue weighted by Crippen LogP contribution is -2.50. The second-order valence-corrected chi connectivity index (χ2v) is 6.02. The van der Waals surface area contributed by atoms with Gasteiger partial charge in [0.05, 0.1) is 6.04 Å². The highest BCUT2D eigenvalue weighted by Gasteiger charge is 2.25. The van der Waals surface area contributed by atoms with Crippen LogP contribution in [0.25, 0.3) is 0 Å². The normalized spacial score (nSPS) is 33.1. The summed E-state index contributed by atoms with van der Waals surface area (Å²) in [6.07, 6.45) is 11.1. The molecule has 104 valence electrons. The van der Waals surface area contributed by atoms with Crippen molar-refractivity contribution in [3.8, 4) is 0 Å². The van der Waals surface area contributed by atoms with Crippen LogP contribution in [0.3, 0.4) is 0 Å². The van der Waals surface area contributed by atoms with Crippen molar-refractivity contribution in [2.24, 2.45) is 5.92 Å². The number of hydrogen-bond donors (Lipinski definition) is 2. The molecule has 2 fully saturated rings. The number of rotatable bonds is 4. The van der Waals surface area contributed by atoms with Crippen molar-refractivity contribution >= 4 is 5.91 Å². The molecular weight excluding hydrogens is 224 g/mol. The molecule has 1 heterocycles. The van der Waals surface area contributed by atoms with Crippen molar-refractivity contribution in [3.63, 3.8) is 0 Å². The molecule has 0 spiro atoms. The summed E-state index contributed by atoms with van der Waals surface area (Å²) < 4.78 is 0. The Bertz CT molecular complexity index is 253. The fourth-order valence-electron chi connectivity index (χ4n) is 3.38. The lowest BCUT2D eigenvalue weighted by atomic mass is 9.83. The predicted molar refractivity (Wildman–Crippen MR) is 74.4 cm³/mol. The maximum absolute atomic E-state index is 12.1. The summed E-state index contributed by atoms with van der Waals surface area (Å²) in [7, 11) is 0. The van der Waals surface area contributed by atoms with Gasteiger partial charge in [0.2, 0.25) is 5.91 Å². The highest BCUT2D eigenvalue weighted by molar-refractivity contribution is 5.82. The molecule has 1 aliphatic carbocycles. The average Bonchev–Trinajstić information content (AvgIpc) is 2.42. The van der Waals surface area contributed by atoms with Crippen LogP contribution in [0.1, 0.15) is 64.7 Å². The zero-order valence-corrected chi connectivity index (χ0v) is 11.7. The van der Waals surface area contributed by atoms with E-state index >= 15 is 0 Å². The first-order chi connectivity index (χ1) is 8.79. The molecule has 18 heavy (non-hydrogen) atoms. The van der Waals surface area contributed by atoms with E-state index in [2.05, 4.69) is 17.6 Å². The molecule has 1 aliphatic heterocycles. The minimum Gasteiger partial charge on any atom is -0.352 e. The van der Waals surface area contributed by atoms with Crippen LogP contribution in [0.5, 0.6) is 0 Å². The average molecular weight is 252 g/mol. The second-order valence-electron chi connectivity index (χ2n) is 6.02. The van der Waals surface area contributed by atoms with E-state index < -0.39 is 0 Å². The molecule has 0 aromatic heterocycles. The Balaban J connectivity index is 1.68. The molecule has 0 bridgehead atoms. The van der Waals surface area contributed by atoms with Gasteiger partial charge in [-0.3, -0.25) is 4.79 Å². The predicted octanol–water partition coefficient (Wildman–Crippen LogP) is 2.60. The van der Waals surface area contributed by atoms with Gasteiger partial charge in [-0.05, 0) is 51.0 Å². The zero-order valence-electron chi connectivity index (χ0n) is 11.7. The second kappa shape index (κ2) is 7.13. The summed E-state index contributed by atoms with van der Waals surface area (Å²) in [6, 6.07) is 0.515. The third kappa shape index (κ3) is 3.98. The molecule has 0 aromatic rings. The Hall–Kier alpha value is -0.570. The third-order valence-electron chi connectivity index (χ3n) is 4.52. The molecule has 2 aliphatic rings. The first-order valence-corrected chi connectivity index (χ1v) is 7.83. The maximum Gasteiger partial charge on any atom is 0.237 e. The van der Waals surface area contributed by atoms with Crippen molar-refractivity contribution in [3.05, 3.63) is 0 Å². The van der Waals surface area contributed by atoms with Gasteiger partial charge in [0.15, 0.2) is 0 Å². The first kappa shape index (κ1) is 13.9. The van der Waals surface area contributed by atoms with E-state index in [4.69, 9.17) is 0 Å². The van der Waals surface area contributed by atoms with E-state index in [9.17, 15) is 4.79 Å². The van der Waals surface area contributed by atoms with Crippen LogP contribution < -0.4 is 10.6 Å². The van der Waals surface area contributed by atoms with Crippen molar-refractivity contribution in [1.29, 1.82) is 0 Å². The van der Waals surface area contributed by atoms with Gasteiger partial charge in [0.25, 0.3) is 0 Å². The van der Waals surface area contributed by atoms with Gasteiger partial charge in [-0.1, -0.05) is 26.2 Å². The van der Waals surface area contributed by atoms with Crippen LogP contribution in [-0.4, -0.2) is 24.5 Å². The topological polar surface area (TPSA) is 41.1 Å². The SMILES string of the molecule is CCCC1CCC(NC(=O)[C@H]2CCCCN2)CC1. The lowest BCUT2D eigenvalue weighted by Gasteiger charge is -2.31. The van der Waals surface area contributed by atoms with Crippen LogP contribution in [0.2, 0.25) is 0 Å². The van der Waals surface area contributed by atoms with E-state index in [0.717, 1.165) is 18.9 Å². The summed E-state index contributed by atoms with van der Waals surface area (Å²) in [4.78, 5) is 12.1. The monoisotopic (exact) mass is 252 g/mol. The number of carbonyl (C=O) groups is 1. The van der Waals surface area contributed by atoms with Crippen molar-refractivity contribution in [1.82, 2.24) is 10.6 Å². The van der Waals surface area contributed by atoms with Crippen LogP contribution in [0.15, 0.2) is 0 Å². The van der Waals surface area contributed by atoms with Crippen molar-refractivity contribution in [2.75, 3.05) is 6.54 Å². The molecule has 2 N–H and O–H groups in total. The fraction of sp³-hybridized carbons (Fsp3) is 0.933. The van der Waals surface area contributed by atoms with E-state index in [1.54, 1.807) is 0 Å². The number of hydrogen-bond acceptors (Lipinski definition) is 2. The molecule has 1 saturated heterocycles. The van der Waals surface area contributed by atoms with Crippen molar-refractivity contribution in [2.45, 2.75) is 76.8 Å². The van der Waals surface area contributed by atoms with Crippen molar-refractivity contribution < 1.29 is 4.79 Å². The molecule has 3 nitrogen and oxygen atoms in total. The van der Waals surface area contributed by atoms with Crippen LogP contribution in [-0.2, 0) is 4.79 Å². The van der Waals surface area contributed by atoms with Gasteiger partial charge in [-0.25, -0.2) is 0 Å². The first-order valence-electron chi connectivity index (χ1n) is 7.83. The Labute approximate surface area is 111 Å². The molecule has 0 aromatic carbocycles. The van der Waals surface area contributed by atoms with Gasteiger partial charge in [0.1, 0.15) is 0 Å². The quantitative estimate of drug-likeness (QED) is 0.807. The van der Waals surface area contributed by atoms with Gasteiger partial charge in [0, 0.05) is 6.04 Å². The Morgan fingerprint density at radius 1 is 1.17 bits per heavy atom. The molecule has 0 radical (unpaired) electrons. The van der Waals surface area contributed by atoms with Crippen LogP contribution in [0, 0.1) is 5.92 Å². The molecule has 1 saturated carbocycles. The summed E-state index contributed by atoms with van der Waals surface area (Å²) in [6.45, 7) is 3.27. The minimum atomic E-state index is 0.0760. The Morgan fingerprint density at radius 2 is 1.94 bits per heavy atom. The molecule has 2 rings (SSSR count). The highest BCUT2D eigenvalue weighted by Crippen LogP contribution is 2.27.